The largest absolute Gasteiger partial charge is 0.330 e. The Morgan fingerprint density at radius 3 is 2.59 bits per heavy atom. The van der Waals surface area contributed by atoms with Crippen LogP contribution in [-0.4, -0.2) is 25.0 Å². The van der Waals surface area contributed by atoms with Crippen LogP contribution in [0.3, 0.4) is 0 Å². The van der Waals surface area contributed by atoms with Crippen molar-refractivity contribution in [2.75, 3.05) is 5.32 Å². The van der Waals surface area contributed by atoms with Crippen LogP contribution in [0, 0.1) is 0 Å². The molecule has 2 N–H and O–H groups in total. The standard InChI is InChI=1S/C26H35N5O3/c1-3-5-7-16-30-21(28-24-23(30)25(33)29-26(34)31(24)15-6-4-2)13-14-22(32)27-20-12-11-18-9-8-10-19(18)17-20/h11-12,17H,3-10,13-16H2,1-2H3,(H,27,32)(H,29,33,34). The summed E-state index contributed by atoms with van der Waals surface area (Å²) >= 11 is 0. The predicted octanol–water partition coefficient (Wildman–Crippen LogP) is 3.94. The number of amides is 1. The number of aromatic nitrogens is 4. The normalized spacial score (nSPS) is 12.9. The highest BCUT2D eigenvalue weighted by atomic mass is 16.2. The van der Waals surface area contributed by atoms with Crippen molar-refractivity contribution in [3.8, 4) is 0 Å². The Hall–Kier alpha value is -3.16. The molecule has 1 aromatic carbocycles. The molecule has 0 saturated carbocycles. The quantitative estimate of drug-likeness (QED) is 0.419. The van der Waals surface area contributed by atoms with Gasteiger partial charge in [-0.2, -0.15) is 0 Å². The van der Waals surface area contributed by atoms with E-state index in [-0.39, 0.29) is 12.3 Å². The van der Waals surface area contributed by atoms with Crippen molar-refractivity contribution in [2.45, 2.75) is 91.1 Å². The molecule has 8 heteroatoms. The highest BCUT2D eigenvalue weighted by Crippen LogP contribution is 2.25. The Kier molecular flexibility index (Phi) is 7.65. The molecule has 0 aliphatic heterocycles. The van der Waals surface area contributed by atoms with Crippen molar-refractivity contribution in [3.63, 3.8) is 0 Å². The minimum Gasteiger partial charge on any atom is -0.326 e. The number of hydrogen-bond acceptors (Lipinski definition) is 4. The van der Waals surface area contributed by atoms with E-state index in [1.807, 2.05) is 10.6 Å². The molecule has 0 saturated heterocycles. The van der Waals surface area contributed by atoms with Crippen molar-refractivity contribution in [2.24, 2.45) is 0 Å². The van der Waals surface area contributed by atoms with Crippen molar-refractivity contribution in [1.82, 2.24) is 19.1 Å². The number of aryl methyl sites for hydroxylation is 5. The fraction of sp³-hybridized carbons (Fsp3) is 0.538. The Morgan fingerprint density at radius 1 is 1.03 bits per heavy atom. The number of carbonyl (C=O) groups excluding carboxylic acids is 1. The average Bonchev–Trinajstić information content (AvgIpc) is 3.42. The summed E-state index contributed by atoms with van der Waals surface area (Å²) in [6, 6.07) is 6.15. The van der Waals surface area contributed by atoms with Crippen LogP contribution in [0.25, 0.3) is 11.2 Å². The monoisotopic (exact) mass is 465 g/mol. The number of nitrogens with zero attached hydrogens (tertiary/aromatic N) is 3. The summed E-state index contributed by atoms with van der Waals surface area (Å²) in [7, 11) is 0. The molecule has 1 aliphatic rings. The van der Waals surface area contributed by atoms with E-state index in [9.17, 15) is 14.4 Å². The fourth-order valence-electron chi connectivity index (χ4n) is 4.79. The van der Waals surface area contributed by atoms with E-state index < -0.39 is 11.2 Å². The molecule has 0 bridgehead atoms. The molecule has 1 amide bonds. The summed E-state index contributed by atoms with van der Waals surface area (Å²) in [6.07, 6.45) is 8.75. The first-order chi connectivity index (χ1) is 16.5. The lowest BCUT2D eigenvalue weighted by molar-refractivity contribution is -0.116. The molecule has 2 aromatic heterocycles. The van der Waals surface area contributed by atoms with E-state index in [2.05, 4.69) is 36.3 Å². The molecule has 4 rings (SSSR count). The van der Waals surface area contributed by atoms with Crippen LogP contribution in [0.5, 0.6) is 0 Å². The van der Waals surface area contributed by atoms with Gasteiger partial charge in [0.25, 0.3) is 5.56 Å². The molecule has 0 unspecified atom stereocenters. The lowest BCUT2D eigenvalue weighted by atomic mass is 10.1. The van der Waals surface area contributed by atoms with Gasteiger partial charge in [-0.15, -0.1) is 0 Å². The number of rotatable bonds is 11. The zero-order valence-corrected chi connectivity index (χ0v) is 20.3. The Labute approximate surface area is 199 Å². The Morgan fingerprint density at radius 2 is 1.79 bits per heavy atom. The zero-order valence-electron chi connectivity index (χ0n) is 20.3. The van der Waals surface area contributed by atoms with Crippen LogP contribution < -0.4 is 16.6 Å². The summed E-state index contributed by atoms with van der Waals surface area (Å²) < 4.78 is 3.47. The van der Waals surface area contributed by atoms with Crippen LogP contribution in [0.4, 0.5) is 5.69 Å². The van der Waals surface area contributed by atoms with E-state index in [4.69, 9.17) is 4.98 Å². The number of unbranched alkanes of at least 4 members (excludes halogenated alkanes) is 3. The number of anilines is 1. The Balaban J connectivity index is 1.58. The van der Waals surface area contributed by atoms with Crippen LogP contribution in [0.1, 0.15) is 75.7 Å². The van der Waals surface area contributed by atoms with Crippen molar-refractivity contribution < 1.29 is 4.79 Å². The van der Waals surface area contributed by atoms with E-state index in [0.29, 0.717) is 36.5 Å². The summed E-state index contributed by atoms with van der Waals surface area (Å²) in [5, 5.41) is 3.01. The lowest BCUT2D eigenvalue weighted by Crippen LogP contribution is -2.31. The Bertz CT molecular complexity index is 1280. The molecule has 2 heterocycles. The summed E-state index contributed by atoms with van der Waals surface area (Å²) in [5.41, 5.74) is 3.54. The van der Waals surface area contributed by atoms with Crippen LogP contribution in [-0.2, 0) is 37.1 Å². The molecule has 0 radical (unpaired) electrons. The van der Waals surface area contributed by atoms with Crippen molar-refractivity contribution >= 4 is 22.8 Å². The zero-order chi connectivity index (χ0) is 24.1. The first-order valence-corrected chi connectivity index (χ1v) is 12.7. The fourth-order valence-corrected chi connectivity index (χ4v) is 4.79. The molecule has 0 fully saturated rings. The third-order valence-electron chi connectivity index (χ3n) is 6.64. The maximum Gasteiger partial charge on any atom is 0.330 e. The van der Waals surface area contributed by atoms with Gasteiger partial charge in [-0.05, 0) is 55.4 Å². The molecular formula is C26H35N5O3. The van der Waals surface area contributed by atoms with Gasteiger partial charge in [0, 0.05) is 31.6 Å². The van der Waals surface area contributed by atoms with Gasteiger partial charge >= 0.3 is 5.69 Å². The van der Waals surface area contributed by atoms with Gasteiger partial charge in [0.05, 0.1) is 0 Å². The maximum absolute atomic E-state index is 12.8. The van der Waals surface area contributed by atoms with Gasteiger partial charge in [-0.1, -0.05) is 39.2 Å². The van der Waals surface area contributed by atoms with Gasteiger partial charge in [0.2, 0.25) is 5.91 Å². The van der Waals surface area contributed by atoms with Crippen molar-refractivity contribution in [3.05, 3.63) is 56.0 Å². The van der Waals surface area contributed by atoms with Crippen LogP contribution >= 0.6 is 0 Å². The molecular weight excluding hydrogens is 430 g/mol. The lowest BCUT2D eigenvalue weighted by Gasteiger charge is -2.10. The number of benzene rings is 1. The van der Waals surface area contributed by atoms with E-state index in [0.717, 1.165) is 50.6 Å². The molecule has 182 valence electrons. The highest BCUT2D eigenvalue weighted by molar-refractivity contribution is 5.91. The maximum atomic E-state index is 12.8. The number of hydrogen-bond donors (Lipinski definition) is 2. The third-order valence-corrected chi connectivity index (χ3v) is 6.64. The average molecular weight is 466 g/mol. The number of carbonyl (C=O) groups is 1. The van der Waals surface area contributed by atoms with Gasteiger partial charge < -0.3 is 9.88 Å². The second-order valence-corrected chi connectivity index (χ2v) is 9.21. The SMILES string of the molecule is CCCCCn1c(CCC(=O)Nc2ccc3c(c2)CCC3)nc2c1c(=O)[nH]c(=O)n2CCCC. The molecule has 34 heavy (non-hydrogen) atoms. The smallest absolute Gasteiger partial charge is 0.326 e. The predicted molar refractivity (Wildman–Crippen MR) is 134 cm³/mol. The topological polar surface area (TPSA) is 102 Å². The number of aromatic amines is 1. The minimum absolute atomic E-state index is 0.0811. The molecule has 0 spiro atoms. The minimum atomic E-state index is -0.426. The van der Waals surface area contributed by atoms with E-state index in [1.54, 1.807) is 4.57 Å². The van der Waals surface area contributed by atoms with Gasteiger partial charge in [0.1, 0.15) is 5.82 Å². The first kappa shape index (κ1) is 24.0. The van der Waals surface area contributed by atoms with Crippen LogP contribution in [0.15, 0.2) is 27.8 Å². The molecule has 8 nitrogen and oxygen atoms in total. The number of imidazole rings is 1. The van der Waals surface area contributed by atoms with Crippen LogP contribution in [0.2, 0.25) is 0 Å². The van der Waals surface area contributed by atoms with Gasteiger partial charge in [-0.25, -0.2) is 9.78 Å². The molecule has 0 atom stereocenters. The summed E-state index contributed by atoms with van der Waals surface area (Å²) in [6.45, 7) is 5.34. The van der Waals surface area contributed by atoms with E-state index >= 15 is 0 Å². The highest BCUT2D eigenvalue weighted by Gasteiger charge is 2.19. The van der Waals surface area contributed by atoms with E-state index in [1.165, 1.54) is 17.5 Å². The second kappa shape index (κ2) is 10.8. The van der Waals surface area contributed by atoms with Gasteiger partial charge in [0.15, 0.2) is 11.2 Å². The van der Waals surface area contributed by atoms with Gasteiger partial charge in [-0.3, -0.25) is 19.1 Å². The summed E-state index contributed by atoms with van der Waals surface area (Å²) in [5.74, 6) is 0.596. The number of H-pyrrole nitrogens is 1. The number of nitrogens with one attached hydrogen (secondary N) is 2. The third kappa shape index (κ3) is 5.16. The molecule has 1 aliphatic carbocycles. The number of fused-ring (bicyclic) bond motifs is 2. The first-order valence-electron chi connectivity index (χ1n) is 12.7. The summed E-state index contributed by atoms with van der Waals surface area (Å²) in [4.78, 5) is 45.2. The van der Waals surface area contributed by atoms with Crippen molar-refractivity contribution in [1.29, 1.82) is 0 Å². The second-order valence-electron chi connectivity index (χ2n) is 9.21. The molecule has 3 aromatic rings.